The lowest BCUT2D eigenvalue weighted by molar-refractivity contribution is 1.03. The van der Waals surface area contributed by atoms with Crippen LogP contribution in [0.4, 0.5) is 0 Å². The molecule has 0 N–H and O–H groups in total. The summed E-state index contributed by atoms with van der Waals surface area (Å²) < 4.78 is 0. The van der Waals surface area contributed by atoms with Gasteiger partial charge in [0.05, 0.1) is 6.20 Å². The van der Waals surface area contributed by atoms with Gasteiger partial charge in [0.15, 0.2) is 5.65 Å². The highest BCUT2D eigenvalue weighted by molar-refractivity contribution is 5.74. The molecule has 0 atom stereocenters. The normalized spacial score (nSPS) is 10.5. The highest BCUT2D eigenvalue weighted by Crippen LogP contribution is 2.11. The molecule has 2 aromatic heterocycles. The van der Waals surface area contributed by atoms with Gasteiger partial charge in [-0.15, -0.1) is 5.10 Å². The van der Waals surface area contributed by atoms with Crippen molar-refractivity contribution < 1.29 is 0 Å². The van der Waals surface area contributed by atoms with Gasteiger partial charge in [-0.1, -0.05) is 0 Å². The van der Waals surface area contributed by atoms with Crippen molar-refractivity contribution in [3.05, 3.63) is 29.6 Å². The van der Waals surface area contributed by atoms with Crippen molar-refractivity contribution in [2.45, 2.75) is 13.8 Å². The fourth-order valence-corrected chi connectivity index (χ4v) is 1.12. The van der Waals surface area contributed by atoms with Crippen molar-refractivity contribution in [1.82, 2.24) is 15.2 Å². The lowest BCUT2D eigenvalue weighted by Gasteiger charge is -1.99. The van der Waals surface area contributed by atoms with Gasteiger partial charge in [-0.3, -0.25) is 0 Å². The molecule has 2 aromatic rings. The molecule has 2 rings (SSSR count). The van der Waals surface area contributed by atoms with Crippen molar-refractivity contribution in [3.63, 3.8) is 0 Å². The van der Waals surface area contributed by atoms with Crippen molar-refractivity contribution in [2.75, 3.05) is 0 Å². The van der Waals surface area contributed by atoms with Gasteiger partial charge < -0.3 is 0 Å². The largest absolute Gasteiger partial charge is 0.232 e. The number of nitrogens with zero attached hydrogens (tertiary/aromatic N) is 3. The maximum atomic E-state index is 4.30. The molecule has 3 heteroatoms. The molecule has 0 radical (unpaired) electrons. The van der Waals surface area contributed by atoms with Gasteiger partial charge in [0.1, 0.15) is 0 Å². The molecule has 0 saturated carbocycles. The van der Waals surface area contributed by atoms with Crippen LogP contribution >= 0.6 is 0 Å². The van der Waals surface area contributed by atoms with Crippen LogP contribution in [-0.4, -0.2) is 15.2 Å². The molecule has 0 amide bonds. The Labute approximate surface area is 70.5 Å². The van der Waals surface area contributed by atoms with Crippen molar-refractivity contribution in [2.24, 2.45) is 0 Å². The molecule has 0 aliphatic carbocycles. The first-order valence-electron chi connectivity index (χ1n) is 3.83. The van der Waals surface area contributed by atoms with Gasteiger partial charge in [0.25, 0.3) is 0 Å². The summed E-state index contributed by atoms with van der Waals surface area (Å²) in [6.45, 7) is 4.02. The SMILES string of the molecule is Cc1cc2ccnnc2nc1C. The van der Waals surface area contributed by atoms with E-state index in [0.717, 1.165) is 16.7 Å². The molecule has 2 heterocycles. The maximum Gasteiger partial charge on any atom is 0.181 e. The predicted octanol–water partition coefficient (Wildman–Crippen LogP) is 1.64. The number of hydrogen-bond donors (Lipinski definition) is 0. The molecule has 0 unspecified atom stereocenters. The minimum Gasteiger partial charge on any atom is -0.232 e. The van der Waals surface area contributed by atoms with Crippen LogP contribution in [0.1, 0.15) is 11.3 Å². The highest BCUT2D eigenvalue weighted by atomic mass is 15.1. The third kappa shape index (κ3) is 1.03. The minimum atomic E-state index is 0.723. The van der Waals surface area contributed by atoms with Gasteiger partial charge >= 0.3 is 0 Å². The van der Waals surface area contributed by atoms with Crippen molar-refractivity contribution >= 4 is 11.0 Å². The Morgan fingerprint density at radius 1 is 1.25 bits per heavy atom. The van der Waals surface area contributed by atoms with Crippen molar-refractivity contribution in [3.8, 4) is 0 Å². The molecule has 0 aliphatic rings. The van der Waals surface area contributed by atoms with E-state index < -0.39 is 0 Å². The minimum absolute atomic E-state index is 0.723. The number of rotatable bonds is 0. The Kier molecular flexibility index (Phi) is 1.50. The van der Waals surface area contributed by atoms with E-state index >= 15 is 0 Å². The fraction of sp³-hybridized carbons (Fsp3) is 0.222. The molecule has 0 saturated heterocycles. The quantitative estimate of drug-likeness (QED) is 0.586. The zero-order valence-electron chi connectivity index (χ0n) is 7.07. The van der Waals surface area contributed by atoms with Gasteiger partial charge in [0.2, 0.25) is 0 Å². The standard InChI is InChI=1S/C9H9N3/c1-6-5-8-3-4-10-12-9(8)11-7(6)2/h3-5H,1-2H3. The van der Waals surface area contributed by atoms with E-state index in [0.29, 0.717) is 0 Å². The third-order valence-electron chi connectivity index (χ3n) is 1.95. The smallest absolute Gasteiger partial charge is 0.181 e. The number of aromatic nitrogens is 3. The summed E-state index contributed by atoms with van der Waals surface area (Å²) in [5.74, 6) is 0. The summed E-state index contributed by atoms with van der Waals surface area (Å²) in [6, 6.07) is 3.99. The second kappa shape index (κ2) is 2.52. The molecule has 3 nitrogen and oxygen atoms in total. The molecule has 60 valence electrons. The lowest BCUT2D eigenvalue weighted by Crippen LogP contribution is -1.91. The Balaban J connectivity index is 2.84. The summed E-state index contributed by atoms with van der Waals surface area (Å²) in [4.78, 5) is 4.30. The number of aryl methyl sites for hydroxylation is 2. The van der Waals surface area contributed by atoms with Gasteiger partial charge in [-0.25, -0.2) is 4.98 Å². The molecule has 0 aromatic carbocycles. The van der Waals surface area contributed by atoms with E-state index in [4.69, 9.17) is 0 Å². The number of fused-ring (bicyclic) bond motifs is 1. The second-order valence-corrected chi connectivity index (χ2v) is 2.83. The molecule has 12 heavy (non-hydrogen) atoms. The fourth-order valence-electron chi connectivity index (χ4n) is 1.12. The molecule has 0 spiro atoms. The van der Waals surface area contributed by atoms with E-state index in [1.54, 1.807) is 6.20 Å². The van der Waals surface area contributed by atoms with E-state index in [-0.39, 0.29) is 0 Å². The average molecular weight is 159 g/mol. The van der Waals surface area contributed by atoms with Crippen LogP contribution in [0.3, 0.4) is 0 Å². The van der Waals surface area contributed by atoms with Crippen LogP contribution in [-0.2, 0) is 0 Å². The van der Waals surface area contributed by atoms with Crippen LogP contribution < -0.4 is 0 Å². The topological polar surface area (TPSA) is 38.7 Å². The summed E-state index contributed by atoms with van der Waals surface area (Å²) in [7, 11) is 0. The van der Waals surface area contributed by atoms with Crippen molar-refractivity contribution in [1.29, 1.82) is 0 Å². The zero-order chi connectivity index (χ0) is 8.55. The molecular formula is C9H9N3. The lowest BCUT2D eigenvalue weighted by atomic mass is 10.2. The first kappa shape index (κ1) is 7.16. The maximum absolute atomic E-state index is 4.30. The van der Waals surface area contributed by atoms with Crippen LogP contribution in [0.5, 0.6) is 0 Å². The second-order valence-electron chi connectivity index (χ2n) is 2.83. The van der Waals surface area contributed by atoms with Crippen LogP contribution in [0.15, 0.2) is 18.3 Å². The summed E-state index contributed by atoms with van der Waals surface area (Å²) in [6.07, 6.45) is 1.68. The summed E-state index contributed by atoms with van der Waals surface area (Å²) in [5.41, 5.74) is 2.93. The van der Waals surface area contributed by atoms with E-state index in [2.05, 4.69) is 21.2 Å². The van der Waals surface area contributed by atoms with Gasteiger partial charge in [-0.05, 0) is 31.5 Å². The van der Waals surface area contributed by atoms with Gasteiger partial charge in [-0.2, -0.15) is 5.10 Å². The van der Waals surface area contributed by atoms with E-state index in [1.165, 1.54) is 5.56 Å². The highest BCUT2D eigenvalue weighted by Gasteiger charge is 1.98. The third-order valence-corrected chi connectivity index (χ3v) is 1.95. The van der Waals surface area contributed by atoms with Crippen LogP contribution in [0, 0.1) is 13.8 Å². The Morgan fingerprint density at radius 2 is 2.08 bits per heavy atom. The molecule has 0 bridgehead atoms. The predicted molar refractivity (Wildman–Crippen MR) is 46.8 cm³/mol. The first-order chi connectivity index (χ1) is 5.77. The van der Waals surface area contributed by atoms with Crippen LogP contribution in [0.25, 0.3) is 11.0 Å². The number of pyridine rings is 1. The average Bonchev–Trinajstić information content (AvgIpc) is 2.07. The molecule has 0 fully saturated rings. The van der Waals surface area contributed by atoms with E-state index in [9.17, 15) is 0 Å². The summed E-state index contributed by atoms with van der Waals surface area (Å²) in [5, 5.41) is 8.74. The molecule has 0 aliphatic heterocycles. The molecular weight excluding hydrogens is 150 g/mol. The Bertz CT molecular complexity index is 383. The first-order valence-corrected chi connectivity index (χ1v) is 3.83. The monoisotopic (exact) mass is 159 g/mol. The van der Waals surface area contributed by atoms with Crippen LogP contribution in [0.2, 0.25) is 0 Å². The summed E-state index contributed by atoms with van der Waals surface area (Å²) >= 11 is 0. The zero-order valence-corrected chi connectivity index (χ0v) is 7.07. The Morgan fingerprint density at radius 3 is 2.92 bits per heavy atom. The Hall–Kier alpha value is -1.51. The van der Waals surface area contributed by atoms with Gasteiger partial charge in [0, 0.05) is 11.1 Å². The number of hydrogen-bond acceptors (Lipinski definition) is 3. The van der Waals surface area contributed by atoms with E-state index in [1.807, 2.05) is 19.9 Å².